The summed E-state index contributed by atoms with van der Waals surface area (Å²) in [4.78, 5) is 6.68. The number of likely N-dealkylation sites (N-methyl/N-ethyl adjacent to an activating group) is 1. The van der Waals surface area contributed by atoms with Crippen LogP contribution in [0.4, 0.5) is 0 Å². The average molecular weight is 146 g/mol. The predicted molar refractivity (Wildman–Crippen MR) is 37.4 cm³/mol. The van der Waals surface area contributed by atoms with Crippen molar-refractivity contribution in [3.05, 3.63) is 0 Å². The molecule has 0 amide bonds. The summed E-state index contributed by atoms with van der Waals surface area (Å²) in [5.74, 6) is 4.91. The number of morpholine rings is 1. The van der Waals surface area contributed by atoms with E-state index in [-0.39, 0.29) is 6.10 Å². The van der Waals surface area contributed by atoms with E-state index < -0.39 is 0 Å². The normalized spacial score (nSPS) is 28.8. The highest BCUT2D eigenvalue weighted by Crippen LogP contribution is 2.01. The standard InChI is InChI=1S/C6H14N2O2/c1-8-2-3-9-6(4-8)5-10-7/h6H,2-5,7H2,1H3/t6-/m1/s1. The summed E-state index contributed by atoms with van der Waals surface area (Å²) in [6.07, 6.45) is 0.156. The molecule has 0 radical (unpaired) electrons. The molecule has 0 aromatic carbocycles. The van der Waals surface area contributed by atoms with Gasteiger partial charge < -0.3 is 14.5 Å². The Bertz CT molecular complexity index is 97.7. The van der Waals surface area contributed by atoms with Crippen molar-refractivity contribution in [1.29, 1.82) is 0 Å². The number of nitrogens with two attached hydrogens (primary N) is 1. The van der Waals surface area contributed by atoms with E-state index in [1.54, 1.807) is 0 Å². The first kappa shape index (κ1) is 7.94. The van der Waals surface area contributed by atoms with Crippen LogP contribution in [0.5, 0.6) is 0 Å². The zero-order chi connectivity index (χ0) is 7.40. The van der Waals surface area contributed by atoms with Crippen molar-refractivity contribution in [1.82, 2.24) is 4.90 Å². The molecule has 4 nitrogen and oxygen atoms in total. The SMILES string of the molecule is CN1CCO[C@@H](CON)C1. The summed E-state index contributed by atoms with van der Waals surface area (Å²) in [5.41, 5.74) is 0. The minimum Gasteiger partial charge on any atom is -0.373 e. The van der Waals surface area contributed by atoms with Gasteiger partial charge in [-0.05, 0) is 7.05 Å². The smallest absolute Gasteiger partial charge is 0.0955 e. The first-order valence-electron chi connectivity index (χ1n) is 3.44. The molecular weight excluding hydrogens is 132 g/mol. The van der Waals surface area contributed by atoms with E-state index in [1.807, 2.05) is 0 Å². The predicted octanol–water partition coefficient (Wildman–Crippen LogP) is -0.793. The van der Waals surface area contributed by atoms with Crippen molar-refractivity contribution in [3.63, 3.8) is 0 Å². The molecule has 0 aromatic rings. The molecule has 0 unspecified atom stereocenters. The van der Waals surface area contributed by atoms with Crippen LogP contribution in [-0.2, 0) is 9.57 Å². The van der Waals surface area contributed by atoms with E-state index in [4.69, 9.17) is 10.6 Å². The number of hydrogen-bond acceptors (Lipinski definition) is 4. The van der Waals surface area contributed by atoms with E-state index in [2.05, 4.69) is 16.8 Å². The fourth-order valence-corrected chi connectivity index (χ4v) is 1.07. The molecule has 0 spiro atoms. The molecule has 1 rings (SSSR count). The molecule has 4 heteroatoms. The number of nitrogens with zero attached hydrogens (tertiary/aromatic N) is 1. The number of ether oxygens (including phenoxy) is 1. The van der Waals surface area contributed by atoms with Crippen LogP contribution < -0.4 is 5.90 Å². The first-order valence-corrected chi connectivity index (χ1v) is 3.44. The van der Waals surface area contributed by atoms with Gasteiger partial charge in [0, 0.05) is 13.1 Å². The summed E-state index contributed by atoms with van der Waals surface area (Å²) < 4.78 is 5.34. The molecule has 1 atom stereocenters. The molecule has 0 bridgehead atoms. The maximum atomic E-state index is 5.34. The van der Waals surface area contributed by atoms with Crippen LogP contribution in [0.25, 0.3) is 0 Å². The van der Waals surface area contributed by atoms with Crippen molar-refractivity contribution < 1.29 is 9.57 Å². The van der Waals surface area contributed by atoms with E-state index in [0.29, 0.717) is 6.61 Å². The van der Waals surface area contributed by atoms with Crippen LogP contribution >= 0.6 is 0 Å². The van der Waals surface area contributed by atoms with Crippen molar-refractivity contribution in [2.45, 2.75) is 6.10 Å². The fourth-order valence-electron chi connectivity index (χ4n) is 1.07. The summed E-state index contributed by atoms with van der Waals surface area (Å²) in [7, 11) is 2.06. The molecule has 60 valence electrons. The van der Waals surface area contributed by atoms with Gasteiger partial charge >= 0.3 is 0 Å². The van der Waals surface area contributed by atoms with Gasteiger partial charge in [-0.1, -0.05) is 0 Å². The summed E-state index contributed by atoms with van der Waals surface area (Å²) in [5, 5.41) is 0. The fraction of sp³-hybridized carbons (Fsp3) is 1.00. The molecular formula is C6H14N2O2. The van der Waals surface area contributed by atoms with Crippen molar-refractivity contribution >= 4 is 0 Å². The van der Waals surface area contributed by atoms with Crippen LogP contribution in [0.3, 0.4) is 0 Å². The molecule has 0 aromatic heterocycles. The Kier molecular flexibility index (Phi) is 3.08. The van der Waals surface area contributed by atoms with Crippen LogP contribution in [0, 0.1) is 0 Å². The Hall–Kier alpha value is -0.160. The second-order valence-electron chi connectivity index (χ2n) is 2.59. The third kappa shape index (κ3) is 2.22. The maximum absolute atomic E-state index is 5.34. The highest BCUT2D eigenvalue weighted by atomic mass is 16.6. The topological polar surface area (TPSA) is 47.7 Å². The lowest BCUT2D eigenvalue weighted by atomic mass is 10.3. The summed E-state index contributed by atoms with van der Waals surface area (Å²) in [6, 6.07) is 0. The molecule has 1 saturated heterocycles. The Morgan fingerprint density at radius 3 is 3.20 bits per heavy atom. The molecule has 10 heavy (non-hydrogen) atoms. The first-order chi connectivity index (χ1) is 4.83. The van der Waals surface area contributed by atoms with Gasteiger partial charge in [0.1, 0.15) is 0 Å². The van der Waals surface area contributed by atoms with Gasteiger partial charge in [-0.25, -0.2) is 5.90 Å². The van der Waals surface area contributed by atoms with Gasteiger partial charge in [0.2, 0.25) is 0 Å². The van der Waals surface area contributed by atoms with Crippen LogP contribution in [0.2, 0.25) is 0 Å². The molecule has 1 aliphatic heterocycles. The van der Waals surface area contributed by atoms with Crippen molar-refractivity contribution in [2.75, 3.05) is 33.4 Å². The maximum Gasteiger partial charge on any atom is 0.0955 e. The summed E-state index contributed by atoms with van der Waals surface area (Å²) >= 11 is 0. The Labute approximate surface area is 60.8 Å². The molecule has 2 N–H and O–H groups in total. The zero-order valence-electron chi connectivity index (χ0n) is 6.25. The molecule has 1 fully saturated rings. The lowest BCUT2D eigenvalue weighted by Gasteiger charge is -2.29. The second kappa shape index (κ2) is 3.88. The van der Waals surface area contributed by atoms with E-state index >= 15 is 0 Å². The largest absolute Gasteiger partial charge is 0.373 e. The Balaban J connectivity index is 2.18. The van der Waals surface area contributed by atoms with Gasteiger partial charge in [-0.15, -0.1) is 0 Å². The van der Waals surface area contributed by atoms with Crippen LogP contribution in [0.1, 0.15) is 0 Å². The summed E-state index contributed by atoms with van der Waals surface area (Å²) in [6.45, 7) is 3.19. The third-order valence-corrected chi connectivity index (χ3v) is 1.62. The highest BCUT2D eigenvalue weighted by molar-refractivity contribution is 4.67. The zero-order valence-corrected chi connectivity index (χ0v) is 6.25. The van der Waals surface area contributed by atoms with Crippen LogP contribution in [0.15, 0.2) is 0 Å². The highest BCUT2D eigenvalue weighted by Gasteiger charge is 2.16. The third-order valence-electron chi connectivity index (χ3n) is 1.62. The van der Waals surface area contributed by atoms with Crippen LogP contribution in [-0.4, -0.2) is 44.4 Å². The molecule has 1 heterocycles. The monoisotopic (exact) mass is 146 g/mol. The van der Waals surface area contributed by atoms with Gasteiger partial charge in [-0.2, -0.15) is 0 Å². The molecule has 0 aliphatic carbocycles. The Morgan fingerprint density at radius 2 is 2.60 bits per heavy atom. The average Bonchev–Trinajstić information content (AvgIpc) is 1.88. The minimum atomic E-state index is 0.156. The van der Waals surface area contributed by atoms with Gasteiger partial charge in [-0.3, -0.25) is 0 Å². The second-order valence-corrected chi connectivity index (χ2v) is 2.59. The van der Waals surface area contributed by atoms with Gasteiger partial charge in [0.05, 0.1) is 19.3 Å². The molecule has 0 saturated carbocycles. The minimum absolute atomic E-state index is 0.156. The van der Waals surface area contributed by atoms with E-state index in [9.17, 15) is 0 Å². The van der Waals surface area contributed by atoms with E-state index in [0.717, 1.165) is 19.7 Å². The van der Waals surface area contributed by atoms with Crippen molar-refractivity contribution in [2.24, 2.45) is 5.90 Å². The van der Waals surface area contributed by atoms with Gasteiger partial charge in [0.15, 0.2) is 0 Å². The molecule has 1 aliphatic rings. The lowest BCUT2D eigenvalue weighted by Crippen LogP contribution is -2.42. The number of hydrogen-bond donors (Lipinski definition) is 1. The lowest BCUT2D eigenvalue weighted by molar-refractivity contribution is -0.0637. The van der Waals surface area contributed by atoms with E-state index in [1.165, 1.54) is 0 Å². The quantitative estimate of drug-likeness (QED) is 0.518. The Morgan fingerprint density at radius 1 is 1.80 bits per heavy atom. The number of rotatable bonds is 2. The van der Waals surface area contributed by atoms with Gasteiger partial charge in [0.25, 0.3) is 0 Å². The van der Waals surface area contributed by atoms with Crippen molar-refractivity contribution in [3.8, 4) is 0 Å².